The van der Waals surface area contributed by atoms with E-state index in [1.165, 1.54) is 13.8 Å². The third kappa shape index (κ3) is 6.73. The highest BCUT2D eigenvalue weighted by molar-refractivity contribution is 5.94. The SMILES string of the molecule is CCOC(=O)C(CCCCC(F)(F)C(F)(F)C(F)(F)C(F)(F)C(F)(F)C(F)(F)C(F)(F)C(F)(F)C(F)(F)C(F)(F)F)C(=O)OCC. The van der Waals surface area contributed by atoms with Gasteiger partial charge in [-0.1, -0.05) is 6.42 Å². The molecule has 0 fully saturated rings. The van der Waals surface area contributed by atoms with Crippen molar-refractivity contribution in [1.82, 2.24) is 0 Å². The second-order valence-electron chi connectivity index (χ2n) is 9.10. The first-order chi connectivity index (χ1) is 20.1. The van der Waals surface area contributed by atoms with E-state index in [1.807, 2.05) is 0 Å². The Morgan fingerprint density at radius 2 is 0.739 bits per heavy atom. The van der Waals surface area contributed by atoms with Crippen LogP contribution in [0.15, 0.2) is 0 Å². The van der Waals surface area contributed by atoms with E-state index in [0.29, 0.717) is 0 Å². The molecule has 4 nitrogen and oxygen atoms in total. The van der Waals surface area contributed by atoms with E-state index in [4.69, 9.17) is 0 Å². The van der Waals surface area contributed by atoms with Crippen molar-refractivity contribution in [2.75, 3.05) is 13.2 Å². The summed E-state index contributed by atoms with van der Waals surface area (Å²) in [7, 11) is 0. The van der Waals surface area contributed by atoms with E-state index in [-0.39, 0.29) is 0 Å². The van der Waals surface area contributed by atoms with Crippen LogP contribution < -0.4 is 0 Å². The maximum Gasteiger partial charge on any atom is 0.460 e. The zero-order valence-corrected chi connectivity index (χ0v) is 22.4. The first kappa shape index (κ1) is 43.5. The van der Waals surface area contributed by atoms with Gasteiger partial charge in [-0.05, 0) is 26.7 Å². The van der Waals surface area contributed by atoms with Crippen LogP contribution in [0.3, 0.4) is 0 Å². The Labute approximate surface area is 242 Å². The smallest absolute Gasteiger partial charge is 0.460 e. The van der Waals surface area contributed by atoms with Crippen LogP contribution in [-0.2, 0) is 19.1 Å². The van der Waals surface area contributed by atoms with Crippen LogP contribution in [0.2, 0.25) is 0 Å². The number of carbonyl (C=O) groups excluding carboxylic acids is 2. The molecule has 0 aliphatic carbocycles. The molecule has 0 radical (unpaired) electrons. The van der Waals surface area contributed by atoms with Gasteiger partial charge in [0.05, 0.1) is 13.2 Å². The van der Waals surface area contributed by atoms with Crippen molar-refractivity contribution in [3.05, 3.63) is 0 Å². The number of ether oxygens (including phenoxy) is 2. The number of esters is 2. The van der Waals surface area contributed by atoms with Crippen LogP contribution in [-0.4, -0.2) is 84.6 Å². The van der Waals surface area contributed by atoms with E-state index < -0.39 is 116 Å². The molecule has 25 heteroatoms. The lowest BCUT2D eigenvalue weighted by Gasteiger charge is -2.44. The van der Waals surface area contributed by atoms with Crippen molar-refractivity contribution in [2.24, 2.45) is 5.92 Å². The number of halogens is 21. The van der Waals surface area contributed by atoms with Crippen LogP contribution >= 0.6 is 0 Å². The molecule has 0 atom stereocenters. The van der Waals surface area contributed by atoms with Gasteiger partial charge in [0.25, 0.3) is 0 Å². The number of unbranched alkanes of at least 4 members (excludes halogenated alkanes) is 1. The number of rotatable bonds is 17. The van der Waals surface area contributed by atoms with Gasteiger partial charge in [-0.2, -0.15) is 92.2 Å². The minimum Gasteiger partial charge on any atom is -0.465 e. The van der Waals surface area contributed by atoms with E-state index in [0.717, 1.165) is 0 Å². The van der Waals surface area contributed by atoms with Gasteiger partial charge in [-0.3, -0.25) is 9.59 Å². The lowest BCUT2D eigenvalue weighted by Crippen LogP contribution is -2.76. The Hall–Kier alpha value is -2.53. The molecule has 274 valence electrons. The molecule has 0 rings (SSSR count). The Bertz CT molecular complexity index is 1050. The first-order valence-corrected chi connectivity index (χ1v) is 11.9. The van der Waals surface area contributed by atoms with E-state index in [9.17, 15) is 102 Å². The predicted molar refractivity (Wildman–Crippen MR) is 106 cm³/mol. The van der Waals surface area contributed by atoms with Crippen LogP contribution in [0.25, 0.3) is 0 Å². The van der Waals surface area contributed by atoms with Crippen molar-refractivity contribution in [2.45, 2.75) is 99.0 Å². The molecule has 0 spiro atoms. The zero-order valence-electron chi connectivity index (χ0n) is 22.4. The zero-order chi connectivity index (χ0) is 37.4. The molecule has 0 bridgehead atoms. The Morgan fingerprint density at radius 1 is 0.457 bits per heavy atom. The molecule has 0 N–H and O–H groups in total. The summed E-state index contributed by atoms with van der Waals surface area (Å²) in [6, 6.07) is 0. The van der Waals surface area contributed by atoms with Gasteiger partial charge in [0.15, 0.2) is 5.92 Å². The van der Waals surface area contributed by atoms with E-state index in [2.05, 4.69) is 9.47 Å². The Morgan fingerprint density at radius 3 is 1.02 bits per heavy atom. The van der Waals surface area contributed by atoms with Crippen molar-refractivity contribution in [3.8, 4) is 0 Å². The summed E-state index contributed by atoms with van der Waals surface area (Å²) in [5.74, 6) is -82.2. The average Bonchev–Trinajstić information content (AvgIpc) is 2.87. The molecule has 0 saturated heterocycles. The van der Waals surface area contributed by atoms with Crippen molar-refractivity contribution < 1.29 is 111 Å². The highest BCUT2D eigenvalue weighted by Crippen LogP contribution is 2.66. The van der Waals surface area contributed by atoms with Crippen LogP contribution in [0.4, 0.5) is 92.2 Å². The molecule has 46 heavy (non-hydrogen) atoms. The third-order valence-electron chi connectivity index (χ3n) is 5.95. The summed E-state index contributed by atoms with van der Waals surface area (Å²) in [4.78, 5) is 23.5. The van der Waals surface area contributed by atoms with E-state index in [1.54, 1.807) is 0 Å². The van der Waals surface area contributed by atoms with Gasteiger partial charge in [0.1, 0.15) is 0 Å². The van der Waals surface area contributed by atoms with Crippen LogP contribution in [0, 0.1) is 5.92 Å². The average molecular weight is 734 g/mol. The van der Waals surface area contributed by atoms with Crippen molar-refractivity contribution in [3.63, 3.8) is 0 Å². The molecular weight excluding hydrogens is 715 g/mol. The maximum absolute atomic E-state index is 14.0. The second kappa shape index (κ2) is 13.2. The molecule has 0 aromatic rings. The molecule has 0 aliphatic heterocycles. The second-order valence-corrected chi connectivity index (χ2v) is 9.10. The van der Waals surface area contributed by atoms with E-state index >= 15 is 0 Å². The predicted octanol–water partition coefficient (Wildman–Crippen LogP) is 8.57. The third-order valence-corrected chi connectivity index (χ3v) is 5.95. The molecule has 0 aromatic carbocycles. The van der Waals surface area contributed by atoms with Gasteiger partial charge < -0.3 is 9.47 Å². The number of hydrogen-bond donors (Lipinski definition) is 0. The maximum atomic E-state index is 14.0. The van der Waals surface area contributed by atoms with Gasteiger partial charge in [0.2, 0.25) is 0 Å². The summed E-state index contributed by atoms with van der Waals surface area (Å²) in [5, 5.41) is 0. The lowest BCUT2D eigenvalue weighted by atomic mass is 9.85. The number of alkyl halides is 21. The number of hydrogen-bond acceptors (Lipinski definition) is 4. The van der Waals surface area contributed by atoms with Crippen LogP contribution in [0.1, 0.15) is 39.5 Å². The highest BCUT2D eigenvalue weighted by atomic mass is 19.4. The Kier molecular flexibility index (Phi) is 12.4. The monoisotopic (exact) mass is 734 g/mol. The minimum absolute atomic E-state index is 0.402. The summed E-state index contributed by atoms with van der Waals surface area (Å²) in [6.45, 7) is 1.59. The summed E-state index contributed by atoms with van der Waals surface area (Å²) in [6.07, 6.45) is -14.5. The molecule has 0 unspecified atom stereocenters. The standard InChI is InChI=1S/C21H19F21O4/c1-3-45-10(43)9(11(44)46-4-2)7-5-6-8-12(22,23)13(24,25)14(26,27)15(28,29)16(30,31)17(32,33)18(34,35)19(36,37)20(38,39)21(40,41)42/h9H,3-8H2,1-2H3. The topological polar surface area (TPSA) is 52.6 Å². The summed E-state index contributed by atoms with van der Waals surface area (Å²) >= 11 is 0. The molecule has 0 saturated carbocycles. The highest BCUT2D eigenvalue weighted by Gasteiger charge is 2.97. The summed E-state index contributed by atoms with van der Waals surface area (Å²) < 4.78 is 291. The molecule has 0 aliphatic rings. The molecule has 0 aromatic heterocycles. The summed E-state index contributed by atoms with van der Waals surface area (Å²) in [5.41, 5.74) is 0. The number of carbonyl (C=O) groups is 2. The first-order valence-electron chi connectivity index (χ1n) is 11.9. The fraction of sp³-hybridized carbons (Fsp3) is 0.905. The molecular formula is C21H19F21O4. The normalized spacial score (nSPS) is 15.3. The van der Waals surface area contributed by atoms with Gasteiger partial charge in [-0.15, -0.1) is 0 Å². The lowest BCUT2D eigenvalue weighted by molar-refractivity contribution is -0.474. The van der Waals surface area contributed by atoms with Gasteiger partial charge in [0, 0.05) is 6.42 Å². The van der Waals surface area contributed by atoms with Crippen molar-refractivity contribution >= 4 is 11.9 Å². The largest absolute Gasteiger partial charge is 0.465 e. The fourth-order valence-corrected chi connectivity index (χ4v) is 3.26. The van der Waals surface area contributed by atoms with Crippen LogP contribution in [0.5, 0.6) is 0 Å². The molecule has 0 heterocycles. The van der Waals surface area contributed by atoms with Crippen molar-refractivity contribution in [1.29, 1.82) is 0 Å². The van der Waals surface area contributed by atoms with Gasteiger partial charge in [-0.25, -0.2) is 0 Å². The quantitative estimate of drug-likeness (QED) is 0.0651. The fourth-order valence-electron chi connectivity index (χ4n) is 3.26. The Balaban J connectivity index is 6.49. The molecule has 0 amide bonds. The minimum atomic E-state index is -9.23. The van der Waals surface area contributed by atoms with Gasteiger partial charge >= 0.3 is 71.4 Å².